The van der Waals surface area contributed by atoms with E-state index in [1.807, 2.05) is 31.4 Å². The first kappa shape index (κ1) is 18.8. The monoisotopic (exact) mass is 406 g/mol. The molecule has 1 aromatic heterocycles. The number of nitrogens with one attached hydrogen (secondary N) is 1. The highest BCUT2D eigenvalue weighted by atomic mass is 35.5. The third-order valence-corrected chi connectivity index (χ3v) is 4.60. The first-order chi connectivity index (χ1) is 12.4. The van der Waals surface area contributed by atoms with Crippen LogP contribution in [-0.4, -0.2) is 15.7 Å². The number of halogens is 2. The Bertz CT molecular complexity index is 938. The number of benzene rings is 2. The number of rotatable bonds is 5. The Kier molecular flexibility index (Phi) is 5.88. The third kappa shape index (κ3) is 4.80. The lowest BCUT2D eigenvalue weighted by molar-refractivity contribution is -0.115. The number of nitrogens with zero attached hydrogens (tertiary/aromatic N) is 2. The summed E-state index contributed by atoms with van der Waals surface area (Å²) >= 11 is 13.1. The van der Waals surface area contributed by atoms with E-state index in [4.69, 9.17) is 28.3 Å². The lowest BCUT2D eigenvalue weighted by atomic mass is 10.1. The zero-order chi connectivity index (χ0) is 18.7. The highest BCUT2D eigenvalue weighted by Crippen LogP contribution is 2.28. The minimum absolute atomic E-state index is 0.167. The molecule has 0 atom stereocenters. The number of hydrogen-bond acceptors (Lipinski definition) is 4. The van der Waals surface area contributed by atoms with E-state index in [0.717, 1.165) is 33.5 Å². The van der Waals surface area contributed by atoms with Crippen molar-refractivity contribution in [3.8, 4) is 11.1 Å². The number of carbonyl (C=O) groups excluding carboxylic acids is 1. The number of hydrogen-bond donors (Lipinski definition) is 2. The van der Waals surface area contributed by atoms with Gasteiger partial charge >= 0.3 is 0 Å². The number of anilines is 1. The van der Waals surface area contributed by atoms with E-state index < -0.39 is 0 Å². The molecule has 26 heavy (non-hydrogen) atoms. The number of aryl methyl sites for hydroxylation is 1. The molecule has 0 saturated carbocycles. The van der Waals surface area contributed by atoms with Crippen molar-refractivity contribution >= 4 is 46.7 Å². The van der Waals surface area contributed by atoms with Crippen molar-refractivity contribution in [1.29, 1.82) is 0 Å². The molecular weight excluding hydrogens is 391 g/mol. The molecule has 5 nitrogen and oxygen atoms in total. The Morgan fingerprint density at radius 1 is 1.15 bits per heavy atom. The van der Waals surface area contributed by atoms with Gasteiger partial charge in [0.05, 0.1) is 12.6 Å². The molecule has 1 heterocycles. The van der Waals surface area contributed by atoms with Crippen molar-refractivity contribution < 1.29 is 4.79 Å². The first-order valence-corrected chi connectivity index (χ1v) is 9.32. The molecule has 3 rings (SSSR count). The second kappa shape index (κ2) is 8.14. The van der Waals surface area contributed by atoms with Gasteiger partial charge in [0.2, 0.25) is 5.91 Å². The standard InChI is InChI=1S/C18H16Cl2N4OS/c1-24-10-13(9-22-24)12-5-16(8-17(6-12)26-21)23-18(25)4-11-2-14(19)7-15(20)3-11/h2-3,5-10H,4,21H2,1H3,(H,23,25). The Hall–Kier alpha value is -1.99. The first-order valence-electron chi connectivity index (χ1n) is 7.68. The summed E-state index contributed by atoms with van der Waals surface area (Å²) in [5.41, 5.74) is 3.28. The SMILES string of the molecule is Cn1cc(-c2cc(NC(=O)Cc3cc(Cl)cc(Cl)c3)cc(SN)c2)cn1. The molecule has 0 aliphatic carbocycles. The zero-order valence-corrected chi connectivity index (χ0v) is 16.2. The van der Waals surface area contributed by atoms with E-state index in [-0.39, 0.29) is 12.3 Å². The normalized spacial score (nSPS) is 10.8. The van der Waals surface area contributed by atoms with Crippen LogP contribution in [0, 0.1) is 0 Å². The van der Waals surface area contributed by atoms with E-state index in [1.54, 1.807) is 29.1 Å². The van der Waals surface area contributed by atoms with Crippen LogP contribution in [0.3, 0.4) is 0 Å². The number of carbonyl (C=O) groups is 1. The highest BCUT2D eigenvalue weighted by molar-refractivity contribution is 7.97. The molecule has 0 bridgehead atoms. The van der Waals surface area contributed by atoms with Gasteiger partial charge in [-0.3, -0.25) is 14.6 Å². The van der Waals surface area contributed by atoms with E-state index in [2.05, 4.69) is 10.4 Å². The number of aromatic nitrogens is 2. The summed E-state index contributed by atoms with van der Waals surface area (Å²) in [6.07, 6.45) is 3.84. The van der Waals surface area contributed by atoms with E-state index >= 15 is 0 Å². The van der Waals surface area contributed by atoms with Crippen molar-refractivity contribution in [3.63, 3.8) is 0 Å². The predicted molar refractivity (Wildman–Crippen MR) is 107 cm³/mol. The number of nitrogens with two attached hydrogens (primary N) is 1. The fourth-order valence-corrected chi connectivity index (χ4v) is 3.54. The van der Waals surface area contributed by atoms with Gasteiger partial charge in [0.1, 0.15) is 0 Å². The second-order valence-electron chi connectivity index (χ2n) is 5.77. The van der Waals surface area contributed by atoms with Gasteiger partial charge in [0.25, 0.3) is 0 Å². The van der Waals surface area contributed by atoms with Crippen LogP contribution in [-0.2, 0) is 18.3 Å². The average molecular weight is 407 g/mol. The summed E-state index contributed by atoms with van der Waals surface area (Å²) in [6, 6.07) is 10.7. The molecule has 0 fully saturated rings. The molecule has 0 saturated heterocycles. The highest BCUT2D eigenvalue weighted by Gasteiger charge is 2.10. The molecule has 2 aromatic carbocycles. The van der Waals surface area contributed by atoms with Crippen LogP contribution in [0.4, 0.5) is 5.69 Å². The van der Waals surface area contributed by atoms with Crippen LogP contribution in [0.1, 0.15) is 5.56 Å². The second-order valence-corrected chi connectivity index (χ2v) is 7.35. The van der Waals surface area contributed by atoms with Crippen LogP contribution in [0.25, 0.3) is 11.1 Å². The van der Waals surface area contributed by atoms with Crippen molar-refractivity contribution in [2.24, 2.45) is 12.2 Å². The van der Waals surface area contributed by atoms with Gasteiger partial charge < -0.3 is 5.32 Å². The van der Waals surface area contributed by atoms with Crippen molar-refractivity contribution in [2.75, 3.05) is 5.32 Å². The predicted octanol–water partition coefficient (Wildman–Crippen LogP) is 4.54. The van der Waals surface area contributed by atoms with Crippen LogP contribution in [0.15, 0.2) is 53.7 Å². The molecule has 3 aromatic rings. The quantitative estimate of drug-likeness (QED) is 0.609. The maximum atomic E-state index is 12.4. The van der Waals surface area contributed by atoms with Gasteiger partial charge in [-0.05, 0) is 59.5 Å². The van der Waals surface area contributed by atoms with Crippen LogP contribution < -0.4 is 10.5 Å². The Balaban J connectivity index is 1.81. The molecule has 8 heteroatoms. The van der Waals surface area contributed by atoms with E-state index in [9.17, 15) is 4.79 Å². The van der Waals surface area contributed by atoms with Gasteiger partial charge in [0.15, 0.2) is 0 Å². The smallest absolute Gasteiger partial charge is 0.228 e. The molecule has 0 aliphatic rings. The zero-order valence-electron chi connectivity index (χ0n) is 13.9. The molecule has 134 valence electrons. The average Bonchev–Trinajstić information content (AvgIpc) is 3.00. The summed E-state index contributed by atoms with van der Waals surface area (Å²) in [5.74, 6) is -0.167. The van der Waals surface area contributed by atoms with Crippen molar-refractivity contribution in [2.45, 2.75) is 11.3 Å². The molecule has 0 unspecified atom stereocenters. The lowest BCUT2D eigenvalue weighted by Crippen LogP contribution is -2.14. The van der Waals surface area contributed by atoms with Gasteiger partial charge in [-0.15, -0.1) is 0 Å². The summed E-state index contributed by atoms with van der Waals surface area (Å²) in [5, 5.41) is 13.8. The molecule has 1 amide bonds. The Morgan fingerprint density at radius 3 is 2.50 bits per heavy atom. The van der Waals surface area contributed by atoms with Gasteiger partial charge in [-0.1, -0.05) is 23.2 Å². The fourth-order valence-electron chi connectivity index (χ4n) is 2.58. The minimum Gasteiger partial charge on any atom is -0.326 e. The van der Waals surface area contributed by atoms with Gasteiger partial charge in [0, 0.05) is 39.4 Å². The Labute approximate surface area is 165 Å². The van der Waals surface area contributed by atoms with Gasteiger partial charge in [-0.2, -0.15) is 5.10 Å². The maximum Gasteiger partial charge on any atom is 0.228 e. The molecule has 0 aliphatic heterocycles. The summed E-state index contributed by atoms with van der Waals surface area (Å²) in [4.78, 5) is 13.2. The lowest BCUT2D eigenvalue weighted by Gasteiger charge is -2.10. The molecular formula is C18H16Cl2N4OS. The minimum atomic E-state index is -0.167. The van der Waals surface area contributed by atoms with Crippen LogP contribution in [0.5, 0.6) is 0 Å². The molecule has 0 radical (unpaired) electrons. The summed E-state index contributed by atoms with van der Waals surface area (Å²) in [6.45, 7) is 0. The third-order valence-electron chi connectivity index (χ3n) is 3.65. The fraction of sp³-hybridized carbons (Fsp3) is 0.111. The van der Waals surface area contributed by atoms with E-state index in [1.165, 1.54) is 0 Å². The van der Waals surface area contributed by atoms with Gasteiger partial charge in [-0.25, -0.2) is 0 Å². The largest absolute Gasteiger partial charge is 0.326 e. The van der Waals surface area contributed by atoms with E-state index in [0.29, 0.717) is 15.7 Å². The maximum absolute atomic E-state index is 12.4. The Morgan fingerprint density at radius 2 is 1.88 bits per heavy atom. The topological polar surface area (TPSA) is 72.9 Å². The number of amides is 1. The molecule has 0 spiro atoms. The van der Waals surface area contributed by atoms with Crippen molar-refractivity contribution in [3.05, 3.63) is 64.4 Å². The molecule has 3 N–H and O–H groups in total. The summed E-state index contributed by atoms with van der Waals surface area (Å²) in [7, 11) is 1.85. The summed E-state index contributed by atoms with van der Waals surface area (Å²) < 4.78 is 1.72. The van der Waals surface area contributed by atoms with Crippen LogP contribution in [0.2, 0.25) is 10.0 Å². The van der Waals surface area contributed by atoms with Crippen LogP contribution >= 0.6 is 35.1 Å². The van der Waals surface area contributed by atoms with Crippen molar-refractivity contribution in [1.82, 2.24) is 9.78 Å².